The summed E-state index contributed by atoms with van der Waals surface area (Å²) in [7, 11) is 0. The maximum Gasteiger partial charge on any atom is 0.335 e. The molecule has 0 aliphatic heterocycles. The number of aromatic nitrogens is 2. The quantitative estimate of drug-likeness (QED) is 0.571. The minimum Gasteiger partial charge on any atom is -0.492 e. The predicted molar refractivity (Wildman–Crippen MR) is 96.0 cm³/mol. The first kappa shape index (κ1) is 19.9. The molecule has 142 valence electrons. The topological polar surface area (TPSA) is 94.7 Å². The molecule has 0 atom stereocenters. The van der Waals surface area contributed by atoms with Crippen LogP contribution in [0.15, 0.2) is 35.3 Å². The van der Waals surface area contributed by atoms with E-state index in [0.717, 1.165) is 43.5 Å². The van der Waals surface area contributed by atoms with Crippen LogP contribution in [0.1, 0.15) is 46.0 Å². The van der Waals surface area contributed by atoms with Gasteiger partial charge in [0.2, 0.25) is 0 Å². The first-order valence-electron chi connectivity index (χ1n) is 8.84. The number of ether oxygens (including phenoxy) is 2. The van der Waals surface area contributed by atoms with E-state index in [4.69, 9.17) is 19.0 Å². The van der Waals surface area contributed by atoms with Gasteiger partial charge >= 0.3 is 5.97 Å². The van der Waals surface area contributed by atoms with E-state index in [-0.39, 0.29) is 0 Å². The molecule has 0 aliphatic carbocycles. The van der Waals surface area contributed by atoms with E-state index in [0.29, 0.717) is 19.0 Å². The second-order valence-electron chi connectivity index (χ2n) is 6.52. The summed E-state index contributed by atoms with van der Waals surface area (Å²) in [4.78, 5) is 19.1. The zero-order valence-corrected chi connectivity index (χ0v) is 15.3. The summed E-state index contributed by atoms with van der Waals surface area (Å²) in [5, 5.41) is 8.95. The Morgan fingerprint density at radius 3 is 2.46 bits per heavy atom. The van der Waals surface area contributed by atoms with Gasteiger partial charge in [-0.2, -0.15) is 0 Å². The fourth-order valence-electron chi connectivity index (χ4n) is 2.27. The van der Waals surface area contributed by atoms with Crippen molar-refractivity contribution in [2.45, 2.75) is 51.6 Å². The van der Waals surface area contributed by atoms with Gasteiger partial charge in [0.05, 0.1) is 19.0 Å². The van der Waals surface area contributed by atoms with E-state index >= 15 is 0 Å². The monoisotopic (exact) mass is 362 g/mol. The molecule has 0 saturated carbocycles. The largest absolute Gasteiger partial charge is 0.492 e. The number of nitrogens with zero attached hydrogens (tertiary/aromatic N) is 2. The van der Waals surface area contributed by atoms with Crippen LogP contribution in [0.2, 0.25) is 0 Å². The summed E-state index contributed by atoms with van der Waals surface area (Å²) >= 11 is 0. The molecule has 2 heterocycles. The van der Waals surface area contributed by atoms with E-state index < -0.39 is 11.6 Å². The van der Waals surface area contributed by atoms with Gasteiger partial charge in [-0.05, 0) is 38.8 Å². The van der Waals surface area contributed by atoms with Crippen molar-refractivity contribution in [1.82, 2.24) is 9.97 Å². The number of carboxylic acids is 1. The maximum atomic E-state index is 10.9. The second-order valence-corrected chi connectivity index (χ2v) is 6.52. The third-order valence-corrected chi connectivity index (χ3v) is 3.96. The average molecular weight is 362 g/mol. The van der Waals surface area contributed by atoms with Gasteiger partial charge in [0.15, 0.2) is 17.8 Å². The number of carboxylic acid groups (broad SMARTS) is 1. The van der Waals surface area contributed by atoms with Crippen molar-refractivity contribution in [3.8, 4) is 17.2 Å². The number of aliphatic carboxylic acids is 1. The molecule has 26 heavy (non-hydrogen) atoms. The molecular weight excluding hydrogens is 336 g/mol. The Balaban J connectivity index is 1.51. The number of oxazole rings is 1. The van der Waals surface area contributed by atoms with Crippen molar-refractivity contribution < 1.29 is 23.8 Å². The molecule has 0 spiro atoms. The molecule has 7 nitrogen and oxygen atoms in total. The number of rotatable bonds is 12. The third kappa shape index (κ3) is 6.48. The highest BCUT2D eigenvalue weighted by Crippen LogP contribution is 2.19. The van der Waals surface area contributed by atoms with Crippen LogP contribution < -0.4 is 4.74 Å². The molecule has 2 aromatic rings. The van der Waals surface area contributed by atoms with Crippen LogP contribution in [0.25, 0.3) is 11.5 Å². The average Bonchev–Trinajstić information content (AvgIpc) is 3.15. The van der Waals surface area contributed by atoms with Crippen LogP contribution in [0.3, 0.4) is 0 Å². The SMILES string of the molecule is CC(C)(OCCCCCCCOc1ccc(-c2cnco2)nc1)C(=O)O. The van der Waals surface area contributed by atoms with Gasteiger partial charge in [0.1, 0.15) is 11.4 Å². The first-order chi connectivity index (χ1) is 12.5. The van der Waals surface area contributed by atoms with Gasteiger partial charge in [-0.15, -0.1) is 0 Å². The van der Waals surface area contributed by atoms with Crippen LogP contribution in [-0.4, -0.2) is 39.9 Å². The highest BCUT2D eigenvalue weighted by molar-refractivity contribution is 5.76. The fourth-order valence-corrected chi connectivity index (χ4v) is 2.27. The van der Waals surface area contributed by atoms with Crippen LogP contribution in [-0.2, 0) is 9.53 Å². The molecule has 0 unspecified atom stereocenters. The normalized spacial score (nSPS) is 11.5. The summed E-state index contributed by atoms with van der Waals surface area (Å²) in [5.41, 5.74) is -0.381. The van der Waals surface area contributed by atoms with Crippen molar-refractivity contribution in [3.63, 3.8) is 0 Å². The molecule has 0 radical (unpaired) electrons. The molecule has 1 N–H and O–H groups in total. The molecule has 0 aromatic carbocycles. The van der Waals surface area contributed by atoms with Crippen molar-refractivity contribution in [1.29, 1.82) is 0 Å². The van der Waals surface area contributed by atoms with Gasteiger partial charge in [-0.1, -0.05) is 19.3 Å². The first-order valence-corrected chi connectivity index (χ1v) is 8.84. The maximum absolute atomic E-state index is 10.9. The minimum atomic E-state index is -1.11. The Kier molecular flexibility index (Phi) is 7.59. The minimum absolute atomic E-state index is 0.471. The van der Waals surface area contributed by atoms with Crippen molar-refractivity contribution >= 4 is 5.97 Å². The Hall–Kier alpha value is -2.41. The van der Waals surface area contributed by atoms with Crippen LogP contribution in [0.5, 0.6) is 5.75 Å². The molecule has 0 saturated heterocycles. The second kappa shape index (κ2) is 9.91. The number of unbranched alkanes of at least 4 members (excludes halogenated alkanes) is 4. The van der Waals surface area contributed by atoms with Gasteiger partial charge in [0.25, 0.3) is 0 Å². The Bertz CT molecular complexity index is 653. The highest BCUT2D eigenvalue weighted by Gasteiger charge is 2.27. The van der Waals surface area contributed by atoms with E-state index in [1.165, 1.54) is 6.39 Å². The smallest absolute Gasteiger partial charge is 0.335 e. The molecule has 0 aliphatic rings. The zero-order valence-electron chi connectivity index (χ0n) is 15.3. The van der Waals surface area contributed by atoms with Crippen molar-refractivity contribution in [2.75, 3.05) is 13.2 Å². The van der Waals surface area contributed by atoms with Crippen LogP contribution >= 0.6 is 0 Å². The molecule has 2 aromatic heterocycles. The lowest BCUT2D eigenvalue weighted by Crippen LogP contribution is -2.35. The van der Waals surface area contributed by atoms with E-state index in [2.05, 4.69) is 9.97 Å². The summed E-state index contributed by atoms with van der Waals surface area (Å²) in [6, 6.07) is 3.71. The molecule has 0 amide bonds. The van der Waals surface area contributed by atoms with Gasteiger partial charge in [-0.25, -0.2) is 14.8 Å². The Morgan fingerprint density at radius 1 is 1.12 bits per heavy atom. The van der Waals surface area contributed by atoms with Crippen molar-refractivity contribution in [3.05, 3.63) is 30.9 Å². The highest BCUT2D eigenvalue weighted by atomic mass is 16.5. The van der Waals surface area contributed by atoms with Crippen molar-refractivity contribution in [2.24, 2.45) is 0 Å². The fraction of sp³-hybridized carbons (Fsp3) is 0.526. The lowest BCUT2D eigenvalue weighted by molar-refractivity contribution is -0.161. The van der Waals surface area contributed by atoms with E-state index in [1.54, 1.807) is 26.2 Å². The summed E-state index contributed by atoms with van der Waals surface area (Å²) in [5.74, 6) is 0.433. The Labute approximate surface area is 153 Å². The summed E-state index contributed by atoms with van der Waals surface area (Å²) < 4.78 is 16.2. The van der Waals surface area contributed by atoms with E-state index in [1.807, 2.05) is 12.1 Å². The molecule has 0 bridgehead atoms. The number of carbonyl (C=O) groups is 1. The number of hydrogen-bond acceptors (Lipinski definition) is 6. The molecule has 0 fully saturated rings. The van der Waals surface area contributed by atoms with Gasteiger partial charge in [0, 0.05) is 6.61 Å². The lowest BCUT2D eigenvalue weighted by Gasteiger charge is -2.19. The molecule has 7 heteroatoms. The zero-order chi connectivity index (χ0) is 18.8. The molecule has 2 rings (SSSR count). The van der Waals surface area contributed by atoms with E-state index in [9.17, 15) is 4.79 Å². The number of pyridine rings is 1. The summed E-state index contributed by atoms with van der Waals surface area (Å²) in [6.07, 6.45) is 9.66. The standard InChI is InChI=1S/C19H26N2O5/c1-19(2,18(22)23)26-11-7-5-3-4-6-10-24-15-8-9-16(21-12-15)17-13-20-14-25-17/h8-9,12-14H,3-7,10-11H2,1-2H3,(H,22,23). The summed E-state index contributed by atoms with van der Waals surface area (Å²) in [6.45, 7) is 4.25. The lowest BCUT2D eigenvalue weighted by atomic mass is 10.1. The van der Waals surface area contributed by atoms with Crippen LogP contribution in [0, 0.1) is 0 Å². The number of hydrogen-bond donors (Lipinski definition) is 1. The predicted octanol–water partition coefficient (Wildman–Crippen LogP) is 3.95. The van der Waals surface area contributed by atoms with Crippen LogP contribution in [0.4, 0.5) is 0 Å². The van der Waals surface area contributed by atoms with Gasteiger partial charge in [-0.3, -0.25) is 0 Å². The van der Waals surface area contributed by atoms with Gasteiger partial charge < -0.3 is 19.0 Å². The third-order valence-electron chi connectivity index (χ3n) is 3.96. The molecular formula is C19H26N2O5. The Morgan fingerprint density at radius 2 is 1.85 bits per heavy atom.